The molecule has 36 heavy (non-hydrogen) atoms. The molecular weight excluding hydrogens is 497 g/mol. The molecule has 2 aromatic heterocycles. The summed E-state index contributed by atoms with van der Waals surface area (Å²) in [5.74, 6) is -0.0959. The van der Waals surface area contributed by atoms with E-state index >= 15 is 0 Å². The van der Waals surface area contributed by atoms with Gasteiger partial charge >= 0.3 is 0 Å². The zero-order valence-electron chi connectivity index (χ0n) is 20.0. The van der Waals surface area contributed by atoms with E-state index in [1.54, 1.807) is 24.5 Å². The van der Waals surface area contributed by atoms with Crippen molar-refractivity contribution < 1.29 is 9.59 Å². The molecule has 0 radical (unpaired) electrons. The van der Waals surface area contributed by atoms with Crippen LogP contribution in [-0.2, 0) is 0 Å². The molecular formula is C27H25Cl2N5O2. The molecule has 0 atom stereocenters. The molecule has 3 heterocycles. The summed E-state index contributed by atoms with van der Waals surface area (Å²) in [6.07, 6.45) is 8.12. The molecule has 1 saturated heterocycles. The Bertz CT molecular complexity index is 1450. The van der Waals surface area contributed by atoms with Gasteiger partial charge in [-0.3, -0.25) is 19.3 Å². The number of ketones is 1. The summed E-state index contributed by atoms with van der Waals surface area (Å²) in [6.45, 7) is 3.61. The predicted molar refractivity (Wildman–Crippen MR) is 144 cm³/mol. The second-order valence-electron chi connectivity index (χ2n) is 9.17. The van der Waals surface area contributed by atoms with Crippen LogP contribution in [0.15, 0.2) is 48.9 Å². The summed E-state index contributed by atoms with van der Waals surface area (Å²) in [5.41, 5.74) is 4.53. The Labute approximate surface area is 219 Å². The predicted octanol–water partition coefficient (Wildman–Crippen LogP) is 6.43. The van der Waals surface area contributed by atoms with Crippen LogP contribution in [0.25, 0.3) is 22.0 Å². The number of anilines is 2. The first-order valence-corrected chi connectivity index (χ1v) is 12.5. The van der Waals surface area contributed by atoms with Crippen LogP contribution in [0.3, 0.4) is 0 Å². The summed E-state index contributed by atoms with van der Waals surface area (Å²) in [4.78, 5) is 30.6. The van der Waals surface area contributed by atoms with Crippen molar-refractivity contribution >= 4 is 57.5 Å². The lowest BCUT2D eigenvalue weighted by Gasteiger charge is -2.28. The molecule has 9 heteroatoms. The topological polar surface area (TPSA) is 80.1 Å². The van der Waals surface area contributed by atoms with E-state index in [1.165, 1.54) is 6.92 Å². The second kappa shape index (κ2) is 10.0. The number of aldehydes is 1. The largest absolute Gasteiger partial charge is 0.352 e. The quantitative estimate of drug-likeness (QED) is 0.232. The number of hydrogen-bond acceptors (Lipinski definition) is 6. The minimum atomic E-state index is -0.0959. The maximum Gasteiger partial charge on any atom is 0.163 e. The van der Waals surface area contributed by atoms with Crippen LogP contribution in [0, 0.1) is 0 Å². The maximum absolute atomic E-state index is 12.5. The Morgan fingerprint density at radius 1 is 1.08 bits per heavy atom. The number of aromatic nitrogens is 3. The van der Waals surface area contributed by atoms with E-state index in [0.29, 0.717) is 23.6 Å². The van der Waals surface area contributed by atoms with Crippen molar-refractivity contribution in [1.29, 1.82) is 0 Å². The van der Waals surface area contributed by atoms with Crippen LogP contribution < -0.4 is 5.32 Å². The number of hydrogen-bond donors (Lipinski definition) is 1. The number of Topliss-reactive ketones (excluding diaryl/α,β-unsaturated/α-hetero) is 1. The van der Waals surface area contributed by atoms with Crippen LogP contribution >= 0.6 is 23.2 Å². The summed E-state index contributed by atoms with van der Waals surface area (Å²) in [5, 5.41) is 9.36. The number of carbonyl (C=O) groups excluding carboxylic acids is 2. The molecule has 0 saturated carbocycles. The molecule has 0 amide bonds. The van der Waals surface area contributed by atoms with Crippen molar-refractivity contribution in [2.45, 2.75) is 25.8 Å². The molecule has 0 spiro atoms. The molecule has 1 aliphatic rings. The first-order chi connectivity index (χ1) is 17.3. The van der Waals surface area contributed by atoms with Gasteiger partial charge in [-0.05, 0) is 75.3 Å². The lowest BCUT2D eigenvalue weighted by Crippen LogP contribution is -2.31. The first kappa shape index (κ1) is 24.4. The molecule has 0 bridgehead atoms. The van der Waals surface area contributed by atoms with Gasteiger partial charge in [-0.15, -0.1) is 0 Å². The van der Waals surface area contributed by atoms with Gasteiger partial charge in [0.05, 0.1) is 50.3 Å². The van der Waals surface area contributed by atoms with Crippen LogP contribution in [0.4, 0.5) is 11.4 Å². The van der Waals surface area contributed by atoms with Crippen molar-refractivity contribution in [2.75, 3.05) is 25.5 Å². The number of fused-ring (bicyclic) bond motifs is 1. The number of rotatable bonds is 6. The van der Waals surface area contributed by atoms with E-state index in [-0.39, 0.29) is 21.4 Å². The number of piperidine rings is 1. The molecule has 0 unspecified atom stereocenters. The minimum Gasteiger partial charge on any atom is -0.352 e. The van der Waals surface area contributed by atoms with Gasteiger partial charge in [0.2, 0.25) is 0 Å². The smallest absolute Gasteiger partial charge is 0.163 e. The second-order valence-corrected chi connectivity index (χ2v) is 9.99. The number of carbonyl (C=O) groups is 2. The lowest BCUT2D eigenvalue weighted by atomic mass is 9.99. The van der Waals surface area contributed by atoms with Crippen LogP contribution in [-0.4, -0.2) is 51.9 Å². The van der Waals surface area contributed by atoms with E-state index in [9.17, 15) is 9.59 Å². The fourth-order valence-corrected chi connectivity index (χ4v) is 5.22. The Hall–Kier alpha value is -3.26. The third-order valence-corrected chi connectivity index (χ3v) is 7.34. The highest BCUT2D eigenvalue weighted by molar-refractivity contribution is 6.39. The highest BCUT2D eigenvalue weighted by atomic mass is 35.5. The van der Waals surface area contributed by atoms with Gasteiger partial charge < -0.3 is 10.2 Å². The van der Waals surface area contributed by atoms with E-state index in [0.717, 1.165) is 53.6 Å². The molecule has 5 rings (SSSR count). The molecule has 1 aliphatic heterocycles. The number of benzene rings is 2. The Morgan fingerprint density at radius 2 is 1.81 bits per heavy atom. The number of halogens is 2. The number of pyridine rings is 1. The third kappa shape index (κ3) is 4.74. The van der Waals surface area contributed by atoms with Gasteiger partial charge in [0, 0.05) is 17.8 Å². The summed E-state index contributed by atoms with van der Waals surface area (Å²) in [7, 11) is 2.14. The van der Waals surface area contributed by atoms with Crippen molar-refractivity contribution in [3.05, 3.63) is 70.1 Å². The highest BCUT2D eigenvalue weighted by Crippen LogP contribution is 2.36. The first-order valence-electron chi connectivity index (χ1n) is 11.7. The molecule has 0 aliphatic carbocycles. The average molecular weight is 522 g/mol. The van der Waals surface area contributed by atoms with Crippen LogP contribution in [0.5, 0.6) is 0 Å². The molecule has 7 nitrogen and oxygen atoms in total. The van der Waals surface area contributed by atoms with Crippen molar-refractivity contribution in [3.8, 4) is 11.1 Å². The summed E-state index contributed by atoms with van der Waals surface area (Å²) >= 11 is 12.6. The standard InChI is InChI=1S/C27H25Cl2N5O2/c1-16(36)22-13-30-26-4-3-17(18-10-24(28)23(15-35)25(29)11-18)9-21(26)27(22)32-19-12-31-34(14-19)20-5-7-33(2)8-6-20/h3-4,9-15,20H,5-8H2,1-2H3,(H,30,32). The zero-order chi connectivity index (χ0) is 25.4. The Balaban J connectivity index is 1.55. The van der Waals surface area contributed by atoms with E-state index in [2.05, 4.69) is 27.3 Å². The summed E-state index contributed by atoms with van der Waals surface area (Å²) < 4.78 is 2.01. The van der Waals surface area contributed by atoms with Crippen molar-refractivity contribution in [2.24, 2.45) is 0 Å². The fraction of sp³-hybridized carbons (Fsp3) is 0.259. The molecule has 1 N–H and O–H groups in total. The van der Waals surface area contributed by atoms with Crippen molar-refractivity contribution in [3.63, 3.8) is 0 Å². The van der Waals surface area contributed by atoms with Crippen LogP contribution in [0.1, 0.15) is 46.5 Å². The molecule has 184 valence electrons. The van der Waals surface area contributed by atoms with E-state index in [4.69, 9.17) is 23.2 Å². The van der Waals surface area contributed by atoms with Crippen LogP contribution in [0.2, 0.25) is 10.0 Å². The highest BCUT2D eigenvalue weighted by Gasteiger charge is 2.20. The van der Waals surface area contributed by atoms with Gasteiger partial charge in [0.1, 0.15) is 0 Å². The Kier molecular flexibility index (Phi) is 6.79. The van der Waals surface area contributed by atoms with Gasteiger partial charge in [-0.1, -0.05) is 29.3 Å². The zero-order valence-corrected chi connectivity index (χ0v) is 21.5. The van der Waals surface area contributed by atoms with Gasteiger partial charge in [0.15, 0.2) is 12.1 Å². The molecule has 2 aromatic carbocycles. The number of nitrogens with zero attached hydrogens (tertiary/aromatic N) is 4. The average Bonchev–Trinajstić information content (AvgIpc) is 3.32. The van der Waals surface area contributed by atoms with Crippen molar-refractivity contribution in [1.82, 2.24) is 19.7 Å². The van der Waals surface area contributed by atoms with Gasteiger partial charge in [-0.25, -0.2) is 0 Å². The number of likely N-dealkylation sites (tertiary alicyclic amines) is 1. The lowest BCUT2D eigenvalue weighted by molar-refractivity contribution is 0.101. The SMILES string of the molecule is CC(=O)c1cnc2ccc(-c3cc(Cl)c(C=O)c(Cl)c3)cc2c1Nc1cnn(C2CCN(C)CC2)c1. The molecule has 4 aromatic rings. The third-order valence-electron chi connectivity index (χ3n) is 6.71. The Morgan fingerprint density at radius 3 is 2.47 bits per heavy atom. The monoisotopic (exact) mass is 521 g/mol. The molecule has 1 fully saturated rings. The van der Waals surface area contributed by atoms with E-state index < -0.39 is 0 Å². The number of nitrogens with one attached hydrogen (secondary N) is 1. The maximum atomic E-state index is 12.5. The van der Waals surface area contributed by atoms with Gasteiger partial charge in [0.25, 0.3) is 0 Å². The summed E-state index contributed by atoms with van der Waals surface area (Å²) in [6, 6.07) is 9.51. The minimum absolute atomic E-state index is 0.0959. The fourth-order valence-electron chi connectivity index (χ4n) is 4.64. The van der Waals surface area contributed by atoms with E-state index in [1.807, 2.05) is 29.1 Å². The van der Waals surface area contributed by atoms with Gasteiger partial charge in [-0.2, -0.15) is 5.10 Å². The normalized spacial score (nSPS) is 14.8.